The van der Waals surface area contributed by atoms with E-state index in [1.165, 1.54) is 0 Å². The first-order valence-electron chi connectivity index (χ1n) is 7.73. The lowest BCUT2D eigenvalue weighted by Gasteiger charge is -2.28. The fourth-order valence-corrected chi connectivity index (χ4v) is 2.83. The Morgan fingerprint density at radius 1 is 1.35 bits per heavy atom. The first-order valence-corrected chi connectivity index (χ1v) is 7.73. The molecule has 1 fully saturated rings. The first-order chi connectivity index (χ1) is 10.9. The minimum absolute atomic E-state index is 0.0203. The Hall–Kier alpha value is -2.31. The summed E-state index contributed by atoms with van der Waals surface area (Å²) in [5.74, 6) is 0.348. The third kappa shape index (κ3) is 5.12. The number of carboxylic acids is 1. The van der Waals surface area contributed by atoms with E-state index in [0.29, 0.717) is 38.0 Å². The van der Waals surface area contributed by atoms with Gasteiger partial charge in [0.05, 0.1) is 6.54 Å². The van der Waals surface area contributed by atoms with E-state index in [4.69, 9.17) is 9.52 Å². The number of carboxylic acid groups (broad SMARTS) is 1. The number of hydrogen-bond acceptors (Lipinski definition) is 4. The number of rotatable bonds is 8. The molecule has 1 saturated heterocycles. The summed E-state index contributed by atoms with van der Waals surface area (Å²) in [5.41, 5.74) is -0.575. The molecule has 1 aliphatic heterocycles. The monoisotopic (exact) mass is 322 g/mol. The second-order valence-electron chi connectivity index (χ2n) is 6.01. The molecule has 7 nitrogen and oxygen atoms in total. The summed E-state index contributed by atoms with van der Waals surface area (Å²) in [7, 11) is 0. The summed E-state index contributed by atoms with van der Waals surface area (Å²) >= 11 is 0. The van der Waals surface area contributed by atoms with E-state index in [0.717, 1.165) is 5.76 Å². The fraction of sp³-hybridized carbons (Fsp3) is 0.562. The third-order valence-corrected chi connectivity index (χ3v) is 4.14. The molecule has 1 aromatic rings. The van der Waals surface area contributed by atoms with Crippen molar-refractivity contribution >= 4 is 17.8 Å². The van der Waals surface area contributed by atoms with E-state index in [2.05, 4.69) is 10.6 Å². The van der Waals surface area contributed by atoms with E-state index in [1.807, 2.05) is 13.0 Å². The van der Waals surface area contributed by atoms with Crippen molar-refractivity contribution in [3.05, 3.63) is 23.7 Å². The van der Waals surface area contributed by atoms with Crippen molar-refractivity contribution in [3.8, 4) is 0 Å². The van der Waals surface area contributed by atoms with Crippen LogP contribution in [0.3, 0.4) is 0 Å². The van der Waals surface area contributed by atoms with Gasteiger partial charge in [-0.1, -0.05) is 0 Å². The van der Waals surface area contributed by atoms with Crippen LogP contribution in [0, 0.1) is 6.92 Å². The van der Waals surface area contributed by atoms with Gasteiger partial charge in [0, 0.05) is 24.8 Å². The average Bonchev–Trinajstić information content (AvgIpc) is 3.08. The summed E-state index contributed by atoms with van der Waals surface area (Å²) in [4.78, 5) is 34.2. The van der Waals surface area contributed by atoms with Gasteiger partial charge in [0.2, 0.25) is 11.8 Å². The highest BCUT2D eigenvalue weighted by Gasteiger charge is 2.37. The topological polar surface area (TPSA) is 109 Å². The molecular weight excluding hydrogens is 300 g/mol. The zero-order valence-electron chi connectivity index (χ0n) is 13.2. The second-order valence-corrected chi connectivity index (χ2v) is 6.01. The number of furan rings is 1. The Morgan fingerprint density at radius 2 is 2.09 bits per heavy atom. The molecule has 0 saturated carbocycles. The second kappa shape index (κ2) is 7.30. The molecule has 0 unspecified atom stereocenters. The Balaban J connectivity index is 1.81. The van der Waals surface area contributed by atoms with Crippen LogP contribution >= 0.6 is 0 Å². The Labute approximate surface area is 134 Å². The van der Waals surface area contributed by atoms with Crippen LogP contribution in [0.1, 0.15) is 50.0 Å². The number of carbonyl (C=O) groups is 3. The van der Waals surface area contributed by atoms with Crippen LogP contribution in [0.4, 0.5) is 0 Å². The molecule has 23 heavy (non-hydrogen) atoms. The van der Waals surface area contributed by atoms with Crippen LogP contribution < -0.4 is 10.6 Å². The van der Waals surface area contributed by atoms with Gasteiger partial charge in [-0.25, -0.2) is 0 Å². The lowest BCUT2D eigenvalue weighted by atomic mass is 9.86. The molecule has 3 N–H and O–H groups in total. The molecule has 2 rings (SSSR count). The predicted octanol–water partition coefficient (Wildman–Crippen LogP) is 1.50. The number of hydrogen-bond donors (Lipinski definition) is 3. The summed E-state index contributed by atoms with van der Waals surface area (Å²) in [6.45, 7) is 2.15. The minimum atomic E-state index is -0.900. The third-order valence-electron chi connectivity index (χ3n) is 4.14. The van der Waals surface area contributed by atoms with Gasteiger partial charge < -0.3 is 20.2 Å². The number of amides is 2. The summed E-state index contributed by atoms with van der Waals surface area (Å²) < 4.78 is 5.37. The molecule has 126 valence electrons. The zero-order chi connectivity index (χ0) is 16.9. The number of nitrogens with one attached hydrogen (secondary N) is 2. The lowest BCUT2D eigenvalue weighted by Crippen LogP contribution is -2.43. The Morgan fingerprint density at radius 3 is 2.65 bits per heavy atom. The van der Waals surface area contributed by atoms with Gasteiger partial charge in [0.25, 0.3) is 0 Å². The van der Waals surface area contributed by atoms with Crippen LogP contribution in [0.25, 0.3) is 0 Å². The maximum Gasteiger partial charge on any atom is 0.303 e. The molecule has 7 heteroatoms. The fourth-order valence-electron chi connectivity index (χ4n) is 2.83. The van der Waals surface area contributed by atoms with E-state index in [9.17, 15) is 14.4 Å². The van der Waals surface area contributed by atoms with Gasteiger partial charge in [0.15, 0.2) is 0 Å². The largest absolute Gasteiger partial charge is 0.481 e. The SMILES string of the molecule is Cc1ccc(CNC(=O)CC[C@@]2(CCC(=O)O)CCC(=O)N2)o1. The van der Waals surface area contributed by atoms with E-state index in [1.54, 1.807) is 6.07 Å². The average molecular weight is 322 g/mol. The molecule has 2 heterocycles. The van der Waals surface area contributed by atoms with Gasteiger partial charge in [-0.2, -0.15) is 0 Å². The highest BCUT2D eigenvalue weighted by Crippen LogP contribution is 2.30. The standard InChI is InChI=1S/C16H22N2O5/c1-11-2-3-12(23-11)10-17-13(19)4-7-16(9-6-15(21)22)8-5-14(20)18-16/h2-3H,4-10H2,1H3,(H,17,19)(H,18,20)(H,21,22)/t16-/m0/s1. The molecular formula is C16H22N2O5. The molecule has 1 aliphatic rings. The Bertz CT molecular complexity index is 595. The number of carbonyl (C=O) groups excluding carboxylic acids is 2. The van der Waals surface area contributed by atoms with E-state index >= 15 is 0 Å². The van der Waals surface area contributed by atoms with Crippen LogP contribution in [0.15, 0.2) is 16.5 Å². The molecule has 0 radical (unpaired) electrons. The van der Waals surface area contributed by atoms with Gasteiger partial charge in [-0.3, -0.25) is 14.4 Å². The maximum atomic E-state index is 12.0. The van der Waals surface area contributed by atoms with Crippen LogP contribution in [0.5, 0.6) is 0 Å². The van der Waals surface area contributed by atoms with Crippen molar-refractivity contribution < 1.29 is 23.9 Å². The first kappa shape index (κ1) is 17.1. The van der Waals surface area contributed by atoms with E-state index in [-0.39, 0.29) is 24.7 Å². The summed E-state index contributed by atoms with van der Waals surface area (Å²) in [6, 6.07) is 3.64. The van der Waals surface area contributed by atoms with Crippen LogP contribution in [0.2, 0.25) is 0 Å². The minimum Gasteiger partial charge on any atom is -0.481 e. The molecule has 0 aromatic carbocycles. The van der Waals surface area contributed by atoms with Gasteiger partial charge in [0.1, 0.15) is 11.5 Å². The highest BCUT2D eigenvalue weighted by atomic mass is 16.4. The van der Waals surface area contributed by atoms with Gasteiger partial charge in [-0.05, 0) is 38.3 Å². The van der Waals surface area contributed by atoms with Crippen molar-refractivity contribution in [2.45, 2.75) is 57.5 Å². The van der Waals surface area contributed by atoms with Crippen molar-refractivity contribution in [2.75, 3.05) is 0 Å². The molecule has 0 aliphatic carbocycles. The quantitative estimate of drug-likeness (QED) is 0.672. The van der Waals surface area contributed by atoms with Gasteiger partial charge >= 0.3 is 5.97 Å². The Kier molecular flexibility index (Phi) is 5.41. The number of aryl methyl sites for hydroxylation is 1. The molecule has 0 spiro atoms. The van der Waals surface area contributed by atoms with E-state index < -0.39 is 11.5 Å². The smallest absolute Gasteiger partial charge is 0.303 e. The number of aliphatic carboxylic acids is 1. The molecule has 1 atom stereocenters. The van der Waals surface area contributed by atoms with Crippen molar-refractivity contribution in [3.63, 3.8) is 0 Å². The molecule has 0 bridgehead atoms. The lowest BCUT2D eigenvalue weighted by molar-refractivity contribution is -0.137. The summed E-state index contributed by atoms with van der Waals surface area (Å²) in [5, 5.41) is 14.5. The predicted molar refractivity (Wildman–Crippen MR) is 81.5 cm³/mol. The van der Waals surface area contributed by atoms with Crippen molar-refractivity contribution in [1.82, 2.24) is 10.6 Å². The normalized spacial score (nSPS) is 20.3. The maximum absolute atomic E-state index is 12.0. The molecule has 1 aromatic heterocycles. The zero-order valence-corrected chi connectivity index (χ0v) is 13.2. The van der Waals surface area contributed by atoms with Gasteiger partial charge in [-0.15, -0.1) is 0 Å². The van der Waals surface area contributed by atoms with Crippen molar-refractivity contribution in [2.24, 2.45) is 0 Å². The summed E-state index contributed by atoms with van der Waals surface area (Å²) in [6.07, 6.45) is 1.96. The highest BCUT2D eigenvalue weighted by molar-refractivity contribution is 5.80. The van der Waals surface area contributed by atoms with Crippen LogP contribution in [-0.2, 0) is 20.9 Å². The van der Waals surface area contributed by atoms with Crippen LogP contribution in [-0.4, -0.2) is 28.4 Å². The van der Waals surface area contributed by atoms with Crippen molar-refractivity contribution in [1.29, 1.82) is 0 Å². The molecule has 2 amide bonds.